The summed E-state index contributed by atoms with van der Waals surface area (Å²) in [7, 11) is 0. The van der Waals surface area contributed by atoms with Gasteiger partial charge in [0.15, 0.2) is 0 Å². The van der Waals surface area contributed by atoms with E-state index in [1.807, 2.05) is 6.92 Å². The summed E-state index contributed by atoms with van der Waals surface area (Å²) in [5, 5.41) is 0. The third-order valence-corrected chi connectivity index (χ3v) is 3.05. The summed E-state index contributed by atoms with van der Waals surface area (Å²) in [4.78, 5) is 10.4. The highest BCUT2D eigenvalue weighted by molar-refractivity contribution is 5.52. The highest BCUT2D eigenvalue weighted by Crippen LogP contribution is 2.22. The molecule has 0 aliphatic carbocycles. The summed E-state index contributed by atoms with van der Waals surface area (Å²) in [6.45, 7) is 4.61. The van der Waals surface area contributed by atoms with Crippen LogP contribution in [0.2, 0.25) is 0 Å². The lowest BCUT2D eigenvalue weighted by Crippen LogP contribution is -2.37. The summed E-state index contributed by atoms with van der Waals surface area (Å²) in [6, 6.07) is 1.80. The van der Waals surface area contributed by atoms with E-state index in [-0.39, 0.29) is 5.95 Å². The smallest absolute Gasteiger partial charge is 0.223 e. The third kappa shape index (κ3) is 2.99. The number of nitrogens with one attached hydrogen (secondary N) is 1. The second-order valence-corrected chi connectivity index (χ2v) is 4.26. The van der Waals surface area contributed by atoms with Crippen molar-refractivity contribution in [1.82, 2.24) is 9.97 Å². The van der Waals surface area contributed by atoms with E-state index in [2.05, 4.69) is 20.3 Å². The minimum atomic E-state index is 0.229. The van der Waals surface area contributed by atoms with Gasteiger partial charge in [0, 0.05) is 25.8 Å². The van der Waals surface area contributed by atoms with Gasteiger partial charge in [0.05, 0.1) is 6.10 Å². The van der Waals surface area contributed by atoms with Gasteiger partial charge in [0.2, 0.25) is 5.95 Å². The van der Waals surface area contributed by atoms with E-state index in [4.69, 9.17) is 16.3 Å². The van der Waals surface area contributed by atoms with E-state index in [0.29, 0.717) is 11.9 Å². The number of hydrogen-bond acceptors (Lipinski definition) is 7. The number of nitrogens with zero attached hydrogens (tertiary/aromatic N) is 3. The lowest BCUT2D eigenvalue weighted by Gasteiger charge is -2.32. The van der Waals surface area contributed by atoms with Crippen LogP contribution < -0.4 is 21.9 Å². The number of rotatable bonds is 4. The molecule has 0 radical (unpaired) electrons. The van der Waals surface area contributed by atoms with Crippen LogP contribution in [0, 0.1) is 0 Å². The molecule has 7 nitrogen and oxygen atoms in total. The molecule has 1 saturated heterocycles. The molecule has 0 bridgehead atoms. The fourth-order valence-electron chi connectivity index (χ4n) is 2.18. The molecular weight excluding hydrogens is 232 g/mol. The number of hydrogen-bond donors (Lipinski definition) is 3. The first kappa shape index (κ1) is 12.8. The summed E-state index contributed by atoms with van der Waals surface area (Å²) < 4.78 is 5.62. The van der Waals surface area contributed by atoms with Crippen LogP contribution in [0.15, 0.2) is 6.07 Å². The summed E-state index contributed by atoms with van der Waals surface area (Å²) in [5.74, 6) is 6.92. The normalized spacial score (nSPS) is 16.9. The van der Waals surface area contributed by atoms with Gasteiger partial charge < -0.3 is 20.8 Å². The Morgan fingerprint density at radius 3 is 2.78 bits per heavy atom. The highest BCUT2D eigenvalue weighted by Gasteiger charge is 2.20. The molecule has 1 fully saturated rings. The van der Waals surface area contributed by atoms with Crippen molar-refractivity contribution in [2.75, 3.05) is 35.8 Å². The first-order valence-corrected chi connectivity index (χ1v) is 6.20. The molecule has 2 rings (SSSR count). The third-order valence-electron chi connectivity index (χ3n) is 3.05. The number of hydrazine groups is 1. The Morgan fingerprint density at radius 1 is 1.44 bits per heavy atom. The maximum atomic E-state index is 5.65. The van der Waals surface area contributed by atoms with Crippen LogP contribution in [-0.4, -0.2) is 35.8 Å². The molecule has 1 aromatic heterocycles. The molecular formula is C11H20N6O. The Kier molecular flexibility index (Phi) is 4.16. The molecule has 1 aliphatic heterocycles. The fourth-order valence-corrected chi connectivity index (χ4v) is 2.18. The van der Waals surface area contributed by atoms with Gasteiger partial charge >= 0.3 is 0 Å². The second kappa shape index (κ2) is 5.83. The van der Waals surface area contributed by atoms with Crippen LogP contribution in [0.4, 0.5) is 17.6 Å². The molecule has 0 unspecified atom stereocenters. The lowest BCUT2D eigenvalue weighted by atomic mass is 10.1. The molecule has 0 amide bonds. The maximum Gasteiger partial charge on any atom is 0.223 e. The Morgan fingerprint density at radius 2 is 2.17 bits per heavy atom. The largest absolute Gasteiger partial charge is 0.378 e. The van der Waals surface area contributed by atoms with Gasteiger partial charge in [-0.1, -0.05) is 0 Å². The molecule has 0 saturated carbocycles. The first-order valence-electron chi connectivity index (χ1n) is 6.20. The SMILES string of the molecule is CCOC1CCN(c2cc(NN)nc(N)n2)CC1. The van der Waals surface area contributed by atoms with E-state index >= 15 is 0 Å². The standard InChI is InChI=1S/C11H20N6O/c1-2-18-8-3-5-17(6-4-8)10-7-9(16-13)14-11(12)15-10/h7-8H,2-6,13H2,1H3,(H3,12,14,15,16). The van der Waals surface area contributed by atoms with Crippen molar-refractivity contribution < 1.29 is 4.74 Å². The predicted molar refractivity (Wildman–Crippen MR) is 71.1 cm³/mol. The average molecular weight is 252 g/mol. The average Bonchev–Trinajstić information content (AvgIpc) is 2.39. The molecule has 0 aromatic carbocycles. The summed E-state index contributed by atoms with van der Waals surface area (Å²) >= 11 is 0. The highest BCUT2D eigenvalue weighted by atomic mass is 16.5. The van der Waals surface area contributed by atoms with Gasteiger partial charge in [-0.15, -0.1) is 0 Å². The molecule has 5 N–H and O–H groups in total. The lowest BCUT2D eigenvalue weighted by molar-refractivity contribution is 0.0458. The van der Waals surface area contributed by atoms with E-state index < -0.39 is 0 Å². The van der Waals surface area contributed by atoms with Crippen molar-refractivity contribution in [2.45, 2.75) is 25.9 Å². The van der Waals surface area contributed by atoms with Crippen LogP contribution >= 0.6 is 0 Å². The fraction of sp³-hybridized carbons (Fsp3) is 0.636. The van der Waals surface area contributed by atoms with Crippen LogP contribution in [0.5, 0.6) is 0 Å². The van der Waals surface area contributed by atoms with Crippen molar-refractivity contribution >= 4 is 17.6 Å². The molecule has 0 atom stereocenters. The second-order valence-electron chi connectivity index (χ2n) is 4.26. The minimum absolute atomic E-state index is 0.229. The van der Waals surface area contributed by atoms with Crippen molar-refractivity contribution in [2.24, 2.45) is 5.84 Å². The van der Waals surface area contributed by atoms with E-state index in [1.54, 1.807) is 6.07 Å². The van der Waals surface area contributed by atoms with Crippen LogP contribution in [0.3, 0.4) is 0 Å². The zero-order valence-electron chi connectivity index (χ0n) is 10.6. The van der Waals surface area contributed by atoms with Crippen LogP contribution in [-0.2, 0) is 4.74 Å². The van der Waals surface area contributed by atoms with Gasteiger partial charge in [-0.25, -0.2) is 5.84 Å². The van der Waals surface area contributed by atoms with Crippen LogP contribution in [0.25, 0.3) is 0 Å². The van der Waals surface area contributed by atoms with Crippen LogP contribution in [0.1, 0.15) is 19.8 Å². The molecule has 18 heavy (non-hydrogen) atoms. The number of ether oxygens (including phenoxy) is 1. The Hall–Kier alpha value is -1.60. The zero-order valence-corrected chi connectivity index (χ0v) is 10.6. The van der Waals surface area contributed by atoms with E-state index in [1.165, 1.54) is 0 Å². The predicted octanol–water partition coefficient (Wildman–Crippen LogP) is 0.350. The number of aromatic nitrogens is 2. The minimum Gasteiger partial charge on any atom is -0.378 e. The van der Waals surface area contributed by atoms with Crippen molar-refractivity contribution in [3.63, 3.8) is 0 Å². The van der Waals surface area contributed by atoms with Crippen molar-refractivity contribution in [3.05, 3.63) is 6.07 Å². The Balaban J connectivity index is 2.02. The summed E-state index contributed by atoms with van der Waals surface area (Å²) in [6.07, 6.45) is 2.37. The number of piperidine rings is 1. The Bertz CT molecular complexity index is 391. The molecule has 2 heterocycles. The molecule has 0 spiro atoms. The van der Waals surface area contributed by atoms with Gasteiger partial charge in [0.1, 0.15) is 11.6 Å². The monoisotopic (exact) mass is 252 g/mol. The zero-order chi connectivity index (χ0) is 13.0. The van der Waals surface area contributed by atoms with Gasteiger partial charge in [-0.3, -0.25) is 0 Å². The molecule has 1 aromatic rings. The van der Waals surface area contributed by atoms with Gasteiger partial charge in [0.25, 0.3) is 0 Å². The quantitative estimate of drug-likeness (QED) is 0.525. The molecule has 1 aliphatic rings. The van der Waals surface area contributed by atoms with Gasteiger partial charge in [-0.2, -0.15) is 9.97 Å². The topological polar surface area (TPSA) is 102 Å². The Labute approximate surface area is 106 Å². The van der Waals surface area contributed by atoms with E-state index in [9.17, 15) is 0 Å². The van der Waals surface area contributed by atoms with Gasteiger partial charge in [-0.05, 0) is 19.8 Å². The number of nitrogens with two attached hydrogens (primary N) is 2. The maximum absolute atomic E-state index is 5.65. The number of anilines is 3. The molecule has 100 valence electrons. The summed E-state index contributed by atoms with van der Waals surface area (Å²) in [5.41, 5.74) is 8.14. The number of nitrogen functional groups attached to an aromatic ring is 2. The van der Waals surface area contributed by atoms with Crippen molar-refractivity contribution in [1.29, 1.82) is 0 Å². The van der Waals surface area contributed by atoms with E-state index in [0.717, 1.165) is 38.4 Å². The van der Waals surface area contributed by atoms with Crippen molar-refractivity contribution in [3.8, 4) is 0 Å². The molecule has 7 heteroatoms. The first-order chi connectivity index (χ1) is 8.72.